The van der Waals surface area contributed by atoms with Crippen molar-refractivity contribution < 1.29 is 38.9 Å². The van der Waals surface area contributed by atoms with Crippen LogP contribution in [0.4, 0.5) is 5.69 Å². The Morgan fingerprint density at radius 2 is 1.57 bits per heavy atom. The number of phenolic OH excluding ortho intramolecular Hbond substituents is 1. The molecule has 1 heterocycles. The van der Waals surface area contributed by atoms with Gasteiger partial charge in [-0.2, -0.15) is 0 Å². The van der Waals surface area contributed by atoms with E-state index >= 15 is 9.59 Å². The Bertz CT molecular complexity index is 2210. The summed E-state index contributed by atoms with van der Waals surface area (Å²) in [6.07, 6.45) is 3.62. The molecule has 6 atom stereocenters. The number of nitrogens with zero attached hydrogens (tertiary/aromatic N) is 1. The number of rotatable bonds is 6. The maximum absolute atomic E-state index is 15.1. The highest BCUT2D eigenvalue weighted by Crippen LogP contribution is 2.64. The summed E-state index contributed by atoms with van der Waals surface area (Å²) in [5.74, 6) is -6.53. The summed E-state index contributed by atoms with van der Waals surface area (Å²) in [5, 5.41) is 21.2. The van der Waals surface area contributed by atoms with E-state index < -0.39 is 52.8 Å². The zero-order valence-corrected chi connectivity index (χ0v) is 27.6. The number of methoxy groups -OCH3 is 1. The summed E-state index contributed by atoms with van der Waals surface area (Å²) < 4.78 is 5.58. The second-order valence-corrected chi connectivity index (χ2v) is 13.6. The standard InChI is InChI=1S/C42H33NO8/c1-51-27-15-18-34(44)32(20-27)37-28-16-17-29-36(40(48)43(39(29)47)26-14-8-11-24(19-26)41(49)50)31(28)21-33-38(46)30(23-9-4-2-5-10-23)22-35(45)42(33,37)25-12-6-3-7-13-25/h2-16,18-20,22,29,31,33,36-37,44H,17,21H2,1H3,(H,49,50). The summed E-state index contributed by atoms with van der Waals surface area (Å²) in [7, 11) is 1.50. The maximum atomic E-state index is 15.1. The minimum Gasteiger partial charge on any atom is -0.508 e. The number of phenols is 1. The van der Waals surface area contributed by atoms with Crippen LogP contribution in [0.3, 0.4) is 0 Å². The first-order valence-electron chi connectivity index (χ1n) is 16.9. The average Bonchev–Trinajstić information content (AvgIpc) is 3.42. The molecule has 9 nitrogen and oxygen atoms in total. The number of aromatic hydroxyl groups is 1. The van der Waals surface area contributed by atoms with Gasteiger partial charge in [0.25, 0.3) is 0 Å². The molecular weight excluding hydrogens is 646 g/mol. The topological polar surface area (TPSA) is 138 Å². The summed E-state index contributed by atoms with van der Waals surface area (Å²) >= 11 is 0. The van der Waals surface area contributed by atoms with Gasteiger partial charge in [-0.25, -0.2) is 4.79 Å². The third-order valence-corrected chi connectivity index (χ3v) is 11.3. The number of carboxylic acid groups (broad SMARTS) is 1. The fourth-order valence-corrected chi connectivity index (χ4v) is 9.14. The fourth-order valence-electron chi connectivity index (χ4n) is 9.14. The van der Waals surface area contributed by atoms with Crippen molar-refractivity contribution in [2.45, 2.75) is 24.2 Å². The molecule has 8 rings (SSSR count). The molecule has 2 N–H and O–H groups in total. The third kappa shape index (κ3) is 4.71. The predicted octanol–water partition coefficient (Wildman–Crippen LogP) is 6.13. The number of carboxylic acids is 1. The van der Waals surface area contributed by atoms with Crippen LogP contribution in [-0.4, -0.2) is 46.7 Å². The molecule has 4 aliphatic rings. The molecule has 0 spiro atoms. The Morgan fingerprint density at radius 1 is 0.843 bits per heavy atom. The summed E-state index contributed by atoms with van der Waals surface area (Å²) in [4.78, 5) is 71.6. The van der Waals surface area contributed by atoms with Crippen molar-refractivity contribution in [2.24, 2.45) is 23.7 Å². The SMILES string of the molecule is COc1ccc(O)c(C2C3=CCC4C(=O)N(c5cccc(C(=O)O)c5)C(=O)C4C3CC3C(=O)C(c4ccccc4)=CC(=O)C32c2ccccc2)c1. The molecule has 1 aliphatic heterocycles. The number of hydrogen-bond acceptors (Lipinski definition) is 7. The van der Waals surface area contributed by atoms with Gasteiger partial charge in [-0.15, -0.1) is 0 Å². The Balaban J connectivity index is 1.36. The van der Waals surface area contributed by atoms with Gasteiger partial charge in [0.05, 0.1) is 35.6 Å². The minimum absolute atomic E-state index is 0.0628. The number of Topliss-reactive ketones (excluding diaryl/α,β-unsaturated/α-hetero) is 1. The monoisotopic (exact) mass is 679 g/mol. The van der Waals surface area contributed by atoms with Gasteiger partial charge in [-0.05, 0) is 72.4 Å². The molecule has 51 heavy (non-hydrogen) atoms. The molecule has 0 aromatic heterocycles. The number of carbonyl (C=O) groups excluding carboxylic acids is 4. The van der Waals surface area contributed by atoms with Crippen LogP contribution in [0.5, 0.6) is 11.5 Å². The van der Waals surface area contributed by atoms with E-state index in [1.807, 2.05) is 42.5 Å². The fraction of sp³-hybridized carbons (Fsp3) is 0.214. The van der Waals surface area contributed by atoms with Gasteiger partial charge in [-0.1, -0.05) is 78.4 Å². The molecule has 0 radical (unpaired) electrons. The van der Waals surface area contributed by atoms with Gasteiger partial charge in [0.2, 0.25) is 11.8 Å². The Hall–Kier alpha value is -6.09. The Kier molecular flexibility index (Phi) is 7.59. The van der Waals surface area contributed by atoms with Crippen LogP contribution in [0, 0.1) is 23.7 Å². The highest BCUT2D eigenvalue weighted by Gasteiger charge is 2.66. The van der Waals surface area contributed by atoms with E-state index in [4.69, 9.17) is 4.74 Å². The molecule has 6 unspecified atom stereocenters. The van der Waals surface area contributed by atoms with Crippen LogP contribution < -0.4 is 9.64 Å². The van der Waals surface area contributed by atoms with Gasteiger partial charge in [0, 0.05) is 23.0 Å². The number of benzene rings is 4. The van der Waals surface area contributed by atoms with Crippen molar-refractivity contribution in [3.63, 3.8) is 0 Å². The molecule has 4 aromatic carbocycles. The largest absolute Gasteiger partial charge is 0.508 e. The van der Waals surface area contributed by atoms with E-state index in [1.54, 1.807) is 36.4 Å². The Morgan fingerprint density at radius 3 is 2.27 bits per heavy atom. The lowest BCUT2D eigenvalue weighted by atomic mass is 9.44. The van der Waals surface area contributed by atoms with Gasteiger partial charge >= 0.3 is 5.97 Å². The number of hydrogen-bond donors (Lipinski definition) is 2. The lowest BCUT2D eigenvalue weighted by Crippen LogP contribution is -2.58. The first-order chi connectivity index (χ1) is 24.7. The molecular formula is C42H33NO8. The van der Waals surface area contributed by atoms with Crippen molar-refractivity contribution in [1.29, 1.82) is 0 Å². The van der Waals surface area contributed by atoms with Crippen molar-refractivity contribution in [1.82, 2.24) is 0 Å². The smallest absolute Gasteiger partial charge is 0.335 e. The lowest BCUT2D eigenvalue weighted by Gasteiger charge is -2.55. The van der Waals surface area contributed by atoms with Crippen LogP contribution in [0.15, 0.2) is 121 Å². The molecule has 0 bridgehead atoms. The van der Waals surface area contributed by atoms with E-state index in [2.05, 4.69) is 0 Å². The first kappa shape index (κ1) is 32.1. The lowest BCUT2D eigenvalue weighted by molar-refractivity contribution is -0.135. The molecule has 3 aliphatic carbocycles. The van der Waals surface area contributed by atoms with Gasteiger partial charge in [0.1, 0.15) is 11.5 Å². The van der Waals surface area contributed by atoms with E-state index in [0.29, 0.717) is 28.0 Å². The molecule has 9 heteroatoms. The molecule has 254 valence electrons. The molecule has 2 fully saturated rings. The minimum atomic E-state index is -1.50. The predicted molar refractivity (Wildman–Crippen MR) is 187 cm³/mol. The number of amides is 2. The number of imide groups is 1. The van der Waals surface area contributed by atoms with Crippen molar-refractivity contribution in [2.75, 3.05) is 12.0 Å². The number of aromatic carboxylic acids is 1. The third-order valence-electron chi connectivity index (χ3n) is 11.3. The number of carbonyl (C=O) groups is 5. The van der Waals surface area contributed by atoms with Gasteiger partial charge in [0.15, 0.2) is 11.6 Å². The van der Waals surface area contributed by atoms with E-state index in [9.17, 15) is 24.6 Å². The van der Waals surface area contributed by atoms with Crippen molar-refractivity contribution >= 4 is 40.6 Å². The summed E-state index contributed by atoms with van der Waals surface area (Å²) in [5.41, 5.74) is 1.13. The second-order valence-electron chi connectivity index (χ2n) is 13.6. The average molecular weight is 680 g/mol. The van der Waals surface area contributed by atoms with E-state index in [0.717, 1.165) is 4.90 Å². The molecule has 2 amide bonds. The molecule has 1 saturated heterocycles. The van der Waals surface area contributed by atoms with Crippen LogP contribution in [0.2, 0.25) is 0 Å². The second kappa shape index (κ2) is 12.1. The number of ketones is 2. The number of anilines is 1. The number of ether oxygens (including phenoxy) is 1. The highest BCUT2D eigenvalue weighted by atomic mass is 16.5. The number of fused-ring (bicyclic) bond motifs is 4. The molecule has 4 aromatic rings. The van der Waals surface area contributed by atoms with Gasteiger partial charge < -0.3 is 14.9 Å². The highest BCUT2D eigenvalue weighted by molar-refractivity contribution is 6.32. The van der Waals surface area contributed by atoms with Crippen LogP contribution in [0.1, 0.15) is 45.8 Å². The van der Waals surface area contributed by atoms with E-state index in [1.165, 1.54) is 43.5 Å². The van der Waals surface area contributed by atoms with E-state index in [-0.39, 0.29) is 47.0 Å². The number of allylic oxidation sites excluding steroid dienone is 4. The normalized spacial score (nSPS) is 26.8. The Labute approximate surface area is 293 Å². The first-order valence-corrected chi connectivity index (χ1v) is 16.9. The van der Waals surface area contributed by atoms with Crippen LogP contribution in [0.25, 0.3) is 5.57 Å². The summed E-state index contributed by atoms with van der Waals surface area (Å²) in [6, 6.07) is 28.6. The quantitative estimate of drug-likeness (QED) is 0.184. The van der Waals surface area contributed by atoms with Gasteiger partial charge in [-0.3, -0.25) is 24.1 Å². The summed E-state index contributed by atoms with van der Waals surface area (Å²) in [6.45, 7) is 0. The zero-order chi connectivity index (χ0) is 35.6. The van der Waals surface area contributed by atoms with Crippen LogP contribution >= 0.6 is 0 Å². The van der Waals surface area contributed by atoms with Crippen LogP contribution in [-0.2, 0) is 24.6 Å². The zero-order valence-electron chi connectivity index (χ0n) is 27.6. The van der Waals surface area contributed by atoms with Crippen molar-refractivity contribution in [3.8, 4) is 11.5 Å². The maximum Gasteiger partial charge on any atom is 0.335 e. The van der Waals surface area contributed by atoms with Crippen molar-refractivity contribution in [3.05, 3.63) is 143 Å². The molecule has 1 saturated carbocycles.